The molecule has 50 heavy (non-hydrogen) atoms. The number of primary amides is 1. The minimum Gasteiger partial charge on any atom is -0.460 e. The third-order valence-electron chi connectivity index (χ3n) is 7.70. The predicted molar refractivity (Wildman–Crippen MR) is 191 cm³/mol. The van der Waals surface area contributed by atoms with Gasteiger partial charge in [-0.2, -0.15) is 0 Å². The van der Waals surface area contributed by atoms with Crippen molar-refractivity contribution in [2.24, 2.45) is 5.73 Å². The third kappa shape index (κ3) is 15.4. The molecule has 2 aromatic rings. The van der Waals surface area contributed by atoms with Crippen LogP contribution in [-0.4, -0.2) is 66.2 Å². The Kier molecular flexibility index (Phi) is 15.9. The molecule has 0 radical (unpaired) electrons. The number of benzene rings is 2. The number of unbranched alkanes of at least 4 members (excludes halogenated alkanes) is 2. The number of likely N-dealkylation sites (N-methyl/N-ethyl adjacent to an activating group) is 1. The highest BCUT2D eigenvalue weighted by Gasteiger charge is 2.29. The zero-order valence-corrected chi connectivity index (χ0v) is 31.1. The monoisotopic (exact) mass is 696 g/mol. The van der Waals surface area contributed by atoms with Gasteiger partial charge in [-0.3, -0.25) is 19.2 Å². The van der Waals surface area contributed by atoms with Gasteiger partial charge in [0.2, 0.25) is 17.7 Å². The van der Waals surface area contributed by atoms with E-state index in [9.17, 15) is 24.0 Å². The van der Waals surface area contributed by atoms with E-state index in [-0.39, 0.29) is 31.7 Å². The lowest BCUT2D eigenvalue weighted by Crippen LogP contribution is -2.56. The number of hydrogen-bond acceptors (Lipinski definition) is 9. The smallest absolute Gasteiger partial charge is 0.460 e. The molecule has 3 atom stereocenters. The van der Waals surface area contributed by atoms with Crippen LogP contribution in [0, 0.1) is 13.8 Å². The molecule has 0 unspecified atom stereocenters. The number of carbonyl (C=O) groups is 5. The minimum absolute atomic E-state index is 0.198. The molecule has 12 nitrogen and oxygen atoms in total. The summed E-state index contributed by atoms with van der Waals surface area (Å²) in [6.07, 6.45) is 1.89. The van der Waals surface area contributed by atoms with Crippen molar-refractivity contribution in [1.29, 1.82) is 0 Å². The Morgan fingerprint density at radius 1 is 0.740 bits per heavy atom. The van der Waals surface area contributed by atoms with Gasteiger partial charge in [0.05, 0.1) is 6.04 Å². The molecule has 0 saturated heterocycles. The van der Waals surface area contributed by atoms with E-state index >= 15 is 0 Å². The second-order valence-corrected chi connectivity index (χ2v) is 14.5. The first-order valence-corrected chi connectivity index (χ1v) is 17.1. The lowest BCUT2D eigenvalue weighted by molar-refractivity contribution is -0.155. The van der Waals surface area contributed by atoms with Crippen molar-refractivity contribution in [2.45, 2.75) is 130 Å². The van der Waals surface area contributed by atoms with Gasteiger partial charge in [-0.05, 0) is 116 Å². The lowest BCUT2D eigenvalue weighted by atomic mass is 9.95. The summed E-state index contributed by atoms with van der Waals surface area (Å²) in [4.78, 5) is 64.0. The summed E-state index contributed by atoms with van der Waals surface area (Å²) in [6, 6.07) is 9.94. The number of carbonyl (C=O) groups excluding carboxylic acids is 5. The number of ether oxygens (including phenoxy) is 3. The summed E-state index contributed by atoms with van der Waals surface area (Å²) in [6.45, 7) is 14.4. The fourth-order valence-corrected chi connectivity index (χ4v) is 5.30. The number of nitrogens with one attached hydrogen (secondary N) is 3. The summed E-state index contributed by atoms with van der Waals surface area (Å²) in [5.41, 5.74) is 7.70. The minimum atomic E-state index is -0.983. The van der Waals surface area contributed by atoms with Crippen molar-refractivity contribution in [3.05, 3.63) is 64.7 Å². The molecule has 0 aliphatic rings. The van der Waals surface area contributed by atoms with Crippen molar-refractivity contribution in [1.82, 2.24) is 16.0 Å². The summed E-state index contributed by atoms with van der Waals surface area (Å²) < 4.78 is 16.0. The van der Waals surface area contributed by atoms with Gasteiger partial charge in [-0.25, -0.2) is 4.79 Å². The second kappa shape index (κ2) is 19.1. The Labute approximate surface area is 296 Å². The highest BCUT2D eigenvalue weighted by Crippen LogP contribution is 2.24. The van der Waals surface area contributed by atoms with Crippen LogP contribution in [0.2, 0.25) is 0 Å². The normalized spacial score (nSPS) is 13.4. The van der Waals surface area contributed by atoms with Crippen LogP contribution in [-0.2, 0) is 41.5 Å². The maximum atomic E-state index is 13.7. The zero-order chi connectivity index (χ0) is 37.6. The molecular weight excluding hydrogens is 640 g/mol. The van der Waals surface area contributed by atoms with Gasteiger partial charge in [0.1, 0.15) is 29.0 Å². The van der Waals surface area contributed by atoms with Gasteiger partial charge >= 0.3 is 12.1 Å². The van der Waals surface area contributed by atoms with Gasteiger partial charge in [-0.15, -0.1) is 0 Å². The maximum absolute atomic E-state index is 13.7. The summed E-state index contributed by atoms with van der Waals surface area (Å²) in [5.74, 6) is -1.60. The van der Waals surface area contributed by atoms with Crippen LogP contribution in [0.4, 0.5) is 4.79 Å². The lowest BCUT2D eigenvalue weighted by Gasteiger charge is -2.25. The standard InChI is InChI=1S/C38H56N4O8/c1-24-20-27(48-36(47)50-38(6,7)8)21-25(2)28(24)23-31(40-9)35(46)41-29(18-14-11-15-19-32(43)49-37(3,4)5)34(45)42-30(33(39)44)22-26-16-12-10-13-17-26/h10,12-13,16-17,20-21,29-31,40H,11,14-15,18-19,22-23H2,1-9H3,(H2,39,44)(H,41,46)(H,42,45)/t29-,30-,31-/m0/s1. The molecule has 0 fully saturated rings. The summed E-state index contributed by atoms with van der Waals surface area (Å²) in [5, 5.41) is 8.67. The van der Waals surface area contributed by atoms with E-state index in [0.717, 1.165) is 22.3 Å². The molecule has 0 aromatic heterocycles. The Bertz CT molecular complexity index is 1440. The fraction of sp³-hybridized carbons (Fsp3) is 0.553. The molecule has 0 aliphatic carbocycles. The Hall–Kier alpha value is -4.45. The first kappa shape index (κ1) is 41.7. The van der Waals surface area contributed by atoms with Gasteiger partial charge < -0.3 is 35.9 Å². The molecule has 2 aromatic carbocycles. The molecule has 12 heteroatoms. The molecule has 2 rings (SSSR count). The summed E-state index contributed by atoms with van der Waals surface area (Å²) in [7, 11) is 1.66. The average Bonchev–Trinajstić information content (AvgIpc) is 2.98. The third-order valence-corrected chi connectivity index (χ3v) is 7.70. The maximum Gasteiger partial charge on any atom is 0.514 e. The quantitative estimate of drug-likeness (QED) is 0.103. The molecule has 276 valence electrons. The van der Waals surface area contributed by atoms with Gasteiger partial charge in [0.25, 0.3) is 0 Å². The Balaban J connectivity index is 2.18. The first-order valence-electron chi connectivity index (χ1n) is 17.1. The van der Waals surface area contributed by atoms with Crippen LogP contribution in [0.25, 0.3) is 0 Å². The van der Waals surface area contributed by atoms with E-state index < -0.39 is 53.2 Å². The molecule has 3 amide bonds. The van der Waals surface area contributed by atoms with Crippen molar-refractivity contribution in [3.8, 4) is 5.75 Å². The SMILES string of the molecule is CN[C@@H](Cc1c(C)cc(OC(=O)OC(C)(C)C)cc1C)C(=O)N[C@@H](CCCCCC(=O)OC(C)(C)C)C(=O)N[C@@H](Cc1ccccc1)C(N)=O. The topological polar surface area (TPSA) is 175 Å². The largest absolute Gasteiger partial charge is 0.514 e. The van der Waals surface area contributed by atoms with Gasteiger partial charge in [0.15, 0.2) is 0 Å². The highest BCUT2D eigenvalue weighted by molar-refractivity contribution is 5.93. The number of rotatable bonds is 17. The van der Waals surface area contributed by atoms with Crippen LogP contribution in [0.5, 0.6) is 5.75 Å². The number of aryl methyl sites for hydroxylation is 2. The Morgan fingerprint density at radius 3 is 1.84 bits per heavy atom. The summed E-state index contributed by atoms with van der Waals surface area (Å²) >= 11 is 0. The molecule has 0 saturated carbocycles. The van der Waals surface area contributed by atoms with Crippen molar-refractivity contribution < 1.29 is 38.2 Å². The molecule has 0 aliphatic heterocycles. The molecule has 5 N–H and O–H groups in total. The van der Waals surface area contributed by atoms with Gasteiger partial charge in [0, 0.05) is 12.8 Å². The van der Waals surface area contributed by atoms with Crippen LogP contribution in [0.1, 0.15) is 95.9 Å². The van der Waals surface area contributed by atoms with E-state index in [1.54, 1.807) is 40.0 Å². The number of nitrogens with two attached hydrogens (primary N) is 1. The van der Waals surface area contributed by atoms with Crippen LogP contribution in [0.15, 0.2) is 42.5 Å². The Morgan fingerprint density at radius 2 is 1.30 bits per heavy atom. The molecule has 0 spiro atoms. The van der Waals surface area contributed by atoms with Crippen molar-refractivity contribution in [3.63, 3.8) is 0 Å². The van der Waals surface area contributed by atoms with E-state index in [1.165, 1.54) is 0 Å². The highest BCUT2D eigenvalue weighted by atomic mass is 16.7. The number of esters is 1. The van der Waals surface area contributed by atoms with Crippen molar-refractivity contribution in [2.75, 3.05) is 7.05 Å². The van der Waals surface area contributed by atoms with Crippen LogP contribution < -0.4 is 26.4 Å². The molecule has 0 bridgehead atoms. The molecule has 0 heterocycles. The predicted octanol–water partition coefficient (Wildman–Crippen LogP) is 4.74. The second-order valence-electron chi connectivity index (χ2n) is 14.5. The fourth-order valence-electron chi connectivity index (χ4n) is 5.30. The molecular formula is C38H56N4O8. The van der Waals surface area contributed by atoms with E-state index in [1.807, 2.05) is 65.0 Å². The average molecular weight is 697 g/mol. The van der Waals surface area contributed by atoms with Crippen molar-refractivity contribution >= 4 is 29.8 Å². The van der Waals surface area contributed by atoms with Crippen LogP contribution >= 0.6 is 0 Å². The van der Waals surface area contributed by atoms with E-state index in [2.05, 4.69) is 16.0 Å². The zero-order valence-electron chi connectivity index (χ0n) is 31.1. The van der Waals surface area contributed by atoms with E-state index in [4.69, 9.17) is 19.9 Å². The van der Waals surface area contributed by atoms with Crippen LogP contribution in [0.3, 0.4) is 0 Å². The number of amides is 3. The van der Waals surface area contributed by atoms with E-state index in [0.29, 0.717) is 25.0 Å². The number of hydrogen-bond donors (Lipinski definition) is 4. The first-order chi connectivity index (χ1) is 23.3. The van der Waals surface area contributed by atoms with Gasteiger partial charge in [-0.1, -0.05) is 43.2 Å².